The van der Waals surface area contributed by atoms with Crippen LogP contribution in [0.2, 0.25) is 0 Å². The average Bonchev–Trinajstić information content (AvgIpc) is 2.70. The van der Waals surface area contributed by atoms with Crippen molar-refractivity contribution in [1.82, 2.24) is 20.5 Å². The molecule has 2 N–H and O–H groups in total. The van der Waals surface area contributed by atoms with E-state index in [2.05, 4.69) is 56.4 Å². The van der Waals surface area contributed by atoms with E-state index in [9.17, 15) is 0 Å². The summed E-state index contributed by atoms with van der Waals surface area (Å²) < 4.78 is 0. The van der Waals surface area contributed by atoms with Crippen LogP contribution in [0.15, 0.2) is 23.3 Å². The molecule has 1 aromatic heterocycles. The first-order valence-electron chi connectivity index (χ1n) is 10.5. The molecule has 3 rings (SSSR count). The summed E-state index contributed by atoms with van der Waals surface area (Å²) in [5.74, 6) is 1.98. The van der Waals surface area contributed by atoms with E-state index >= 15 is 0 Å². The molecule has 1 aliphatic heterocycles. The van der Waals surface area contributed by atoms with E-state index in [1.54, 1.807) is 0 Å². The van der Waals surface area contributed by atoms with Gasteiger partial charge in [-0.15, -0.1) is 0 Å². The summed E-state index contributed by atoms with van der Waals surface area (Å²) in [5, 5.41) is 6.99. The molecule has 2 aliphatic rings. The number of hydrogen-bond acceptors (Lipinski definition) is 4. The lowest BCUT2D eigenvalue weighted by Crippen LogP contribution is -2.46. The molecule has 1 aliphatic carbocycles. The molecule has 150 valence electrons. The Kier molecular flexibility index (Phi) is 6.94. The van der Waals surface area contributed by atoms with Gasteiger partial charge in [0.15, 0.2) is 5.96 Å². The predicted octanol–water partition coefficient (Wildman–Crippen LogP) is 2.47. The molecule has 6 heteroatoms. The van der Waals surface area contributed by atoms with Crippen molar-refractivity contribution in [2.75, 3.05) is 51.2 Å². The molecule has 1 saturated heterocycles. The predicted molar refractivity (Wildman–Crippen MR) is 113 cm³/mol. The number of hydrogen-bond donors (Lipinski definition) is 2. The quantitative estimate of drug-likeness (QED) is 0.569. The zero-order valence-electron chi connectivity index (χ0n) is 17.3. The van der Waals surface area contributed by atoms with E-state index in [4.69, 9.17) is 0 Å². The van der Waals surface area contributed by atoms with E-state index in [0.717, 1.165) is 57.6 Å². The highest BCUT2D eigenvalue weighted by molar-refractivity contribution is 5.79. The summed E-state index contributed by atoms with van der Waals surface area (Å²) in [6, 6.07) is 4.30. The van der Waals surface area contributed by atoms with Crippen LogP contribution in [0.4, 0.5) is 5.82 Å². The highest BCUT2D eigenvalue weighted by Gasteiger charge is 2.34. The van der Waals surface area contributed by atoms with Crippen molar-refractivity contribution < 1.29 is 0 Å². The van der Waals surface area contributed by atoms with Gasteiger partial charge in [-0.2, -0.15) is 0 Å². The molecule has 1 aromatic rings. The molecule has 1 saturated carbocycles. The Balaban J connectivity index is 1.50. The van der Waals surface area contributed by atoms with Crippen molar-refractivity contribution in [3.63, 3.8) is 0 Å². The Hall–Kier alpha value is -1.82. The Bertz CT molecular complexity index is 611. The van der Waals surface area contributed by atoms with E-state index in [-0.39, 0.29) is 0 Å². The van der Waals surface area contributed by atoms with Crippen LogP contribution in [-0.2, 0) is 6.54 Å². The molecule has 0 unspecified atom stereocenters. The van der Waals surface area contributed by atoms with Gasteiger partial charge in [0.05, 0.1) is 0 Å². The van der Waals surface area contributed by atoms with Crippen molar-refractivity contribution in [2.24, 2.45) is 10.4 Å². The minimum absolute atomic E-state index is 0.488. The molecule has 0 atom stereocenters. The van der Waals surface area contributed by atoms with Gasteiger partial charge in [0, 0.05) is 52.5 Å². The van der Waals surface area contributed by atoms with Crippen molar-refractivity contribution in [2.45, 2.75) is 46.1 Å². The summed E-state index contributed by atoms with van der Waals surface area (Å²) in [7, 11) is 1.85. The first kappa shape index (κ1) is 19.9. The second-order valence-corrected chi connectivity index (χ2v) is 7.93. The average molecular weight is 373 g/mol. The van der Waals surface area contributed by atoms with Crippen LogP contribution in [0.3, 0.4) is 0 Å². The van der Waals surface area contributed by atoms with Crippen molar-refractivity contribution in [3.8, 4) is 0 Å². The summed E-state index contributed by atoms with van der Waals surface area (Å²) in [4.78, 5) is 13.9. The number of aliphatic imine (C=N–C) groups is 1. The maximum absolute atomic E-state index is 4.59. The molecule has 2 heterocycles. The Morgan fingerprint density at radius 1 is 1.19 bits per heavy atom. The van der Waals surface area contributed by atoms with Crippen LogP contribution in [0.5, 0.6) is 0 Å². The normalized spacial score (nSPS) is 20.3. The monoisotopic (exact) mass is 372 g/mol. The largest absolute Gasteiger partial charge is 0.356 e. The van der Waals surface area contributed by atoms with Gasteiger partial charge in [-0.1, -0.05) is 20.3 Å². The SMILES string of the molecule is CCN1CCN(c2cc(CNC(=NC)NCC3(CC)CCC3)ccn2)CC1. The third-order valence-corrected chi connectivity index (χ3v) is 6.43. The number of pyridine rings is 1. The topological polar surface area (TPSA) is 55.8 Å². The lowest BCUT2D eigenvalue weighted by atomic mass is 9.67. The molecule has 0 radical (unpaired) electrons. The maximum atomic E-state index is 4.59. The first-order chi connectivity index (χ1) is 13.2. The lowest BCUT2D eigenvalue weighted by Gasteiger charge is -2.41. The van der Waals surface area contributed by atoms with E-state index < -0.39 is 0 Å². The van der Waals surface area contributed by atoms with Gasteiger partial charge in [0.2, 0.25) is 0 Å². The number of piperazine rings is 1. The number of aromatic nitrogens is 1. The number of nitrogens with zero attached hydrogens (tertiary/aromatic N) is 4. The van der Waals surface area contributed by atoms with Gasteiger partial charge in [0.25, 0.3) is 0 Å². The molecular weight excluding hydrogens is 336 g/mol. The van der Waals surface area contributed by atoms with Gasteiger partial charge in [-0.05, 0) is 48.9 Å². The fraction of sp³-hybridized carbons (Fsp3) is 0.714. The Morgan fingerprint density at radius 2 is 1.96 bits per heavy atom. The Morgan fingerprint density at radius 3 is 2.56 bits per heavy atom. The molecule has 0 bridgehead atoms. The summed E-state index contributed by atoms with van der Waals surface area (Å²) in [5.41, 5.74) is 1.73. The number of rotatable bonds is 7. The van der Waals surface area contributed by atoms with Crippen LogP contribution in [0.1, 0.15) is 45.1 Å². The van der Waals surface area contributed by atoms with Crippen LogP contribution in [0.25, 0.3) is 0 Å². The van der Waals surface area contributed by atoms with Gasteiger partial charge in [-0.3, -0.25) is 4.99 Å². The standard InChI is InChI=1S/C21H36N6/c1-4-21(8-6-9-21)17-25-20(22-3)24-16-18-7-10-23-19(15-18)27-13-11-26(5-2)12-14-27/h7,10,15H,4-6,8-9,11-14,16-17H2,1-3H3,(H2,22,24,25). The highest BCUT2D eigenvalue weighted by atomic mass is 15.3. The zero-order valence-corrected chi connectivity index (χ0v) is 17.3. The van der Waals surface area contributed by atoms with E-state index in [1.807, 2.05) is 13.2 Å². The van der Waals surface area contributed by atoms with Crippen molar-refractivity contribution in [3.05, 3.63) is 23.9 Å². The molecule has 6 nitrogen and oxygen atoms in total. The second-order valence-electron chi connectivity index (χ2n) is 7.93. The minimum Gasteiger partial charge on any atom is -0.356 e. The maximum Gasteiger partial charge on any atom is 0.191 e. The van der Waals surface area contributed by atoms with Gasteiger partial charge in [-0.25, -0.2) is 4.98 Å². The first-order valence-corrected chi connectivity index (χ1v) is 10.5. The van der Waals surface area contributed by atoms with E-state index in [0.29, 0.717) is 5.41 Å². The number of nitrogens with one attached hydrogen (secondary N) is 2. The van der Waals surface area contributed by atoms with Gasteiger partial charge < -0.3 is 20.4 Å². The van der Waals surface area contributed by atoms with Crippen LogP contribution >= 0.6 is 0 Å². The zero-order chi connectivity index (χ0) is 19.1. The fourth-order valence-electron chi connectivity index (χ4n) is 4.05. The number of likely N-dealkylation sites (N-methyl/N-ethyl adjacent to an activating group) is 1. The molecule has 27 heavy (non-hydrogen) atoms. The fourth-order valence-corrected chi connectivity index (χ4v) is 4.05. The van der Waals surface area contributed by atoms with Crippen molar-refractivity contribution in [1.29, 1.82) is 0 Å². The molecule has 0 aromatic carbocycles. The third-order valence-electron chi connectivity index (χ3n) is 6.43. The molecule has 2 fully saturated rings. The molecule has 0 spiro atoms. The van der Waals surface area contributed by atoms with E-state index in [1.165, 1.54) is 31.2 Å². The molecule has 0 amide bonds. The summed E-state index contributed by atoms with van der Waals surface area (Å²) in [6.45, 7) is 11.8. The Labute approximate surface area is 164 Å². The number of guanidine groups is 1. The van der Waals surface area contributed by atoms with Gasteiger partial charge in [0.1, 0.15) is 5.82 Å². The van der Waals surface area contributed by atoms with Crippen LogP contribution in [-0.4, -0.2) is 62.2 Å². The minimum atomic E-state index is 0.488. The third kappa shape index (κ3) is 5.12. The number of anilines is 1. The second kappa shape index (κ2) is 9.40. The lowest BCUT2D eigenvalue weighted by molar-refractivity contribution is 0.131. The summed E-state index contributed by atoms with van der Waals surface area (Å²) in [6.07, 6.45) is 7.22. The summed E-state index contributed by atoms with van der Waals surface area (Å²) >= 11 is 0. The van der Waals surface area contributed by atoms with Crippen LogP contribution in [0, 0.1) is 5.41 Å². The highest BCUT2D eigenvalue weighted by Crippen LogP contribution is 2.42. The smallest absolute Gasteiger partial charge is 0.191 e. The van der Waals surface area contributed by atoms with Crippen molar-refractivity contribution >= 4 is 11.8 Å². The molecular formula is C21H36N6. The van der Waals surface area contributed by atoms with Gasteiger partial charge >= 0.3 is 0 Å². The van der Waals surface area contributed by atoms with Crippen LogP contribution < -0.4 is 15.5 Å².